The lowest BCUT2D eigenvalue weighted by atomic mass is 10.0. The van der Waals surface area contributed by atoms with Gasteiger partial charge in [0.25, 0.3) is 0 Å². The van der Waals surface area contributed by atoms with Gasteiger partial charge in [-0.05, 0) is 17.4 Å². The summed E-state index contributed by atoms with van der Waals surface area (Å²) >= 11 is 1.71. The van der Waals surface area contributed by atoms with Crippen LogP contribution in [0.25, 0.3) is 0 Å². The van der Waals surface area contributed by atoms with Crippen molar-refractivity contribution in [2.75, 3.05) is 18.1 Å². The van der Waals surface area contributed by atoms with Crippen molar-refractivity contribution in [3.63, 3.8) is 0 Å². The lowest BCUT2D eigenvalue weighted by Crippen LogP contribution is -2.30. The van der Waals surface area contributed by atoms with Crippen molar-refractivity contribution in [2.45, 2.75) is 26.8 Å². The number of hydrogen-bond acceptors (Lipinski definition) is 4. The number of rotatable bonds is 7. The van der Waals surface area contributed by atoms with E-state index in [-0.39, 0.29) is 17.5 Å². The fourth-order valence-corrected chi connectivity index (χ4v) is 3.34. The van der Waals surface area contributed by atoms with Gasteiger partial charge in [0.15, 0.2) is 9.84 Å². The second kappa shape index (κ2) is 6.52. The monoisotopic (exact) mass is 275 g/mol. The maximum Gasteiger partial charge on any atom is 0.151 e. The van der Waals surface area contributed by atoms with Gasteiger partial charge in [0.05, 0.1) is 5.75 Å². The summed E-state index contributed by atoms with van der Waals surface area (Å²) in [7, 11) is -2.87. The molecule has 0 saturated heterocycles. The molecule has 0 aromatic carbocycles. The third kappa shape index (κ3) is 4.77. The van der Waals surface area contributed by atoms with Crippen LogP contribution in [-0.2, 0) is 9.84 Å². The first-order valence-electron chi connectivity index (χ1n) is 5.93. The Hall–Kier alpha value is -0.390. The van der Waals surface area contributed by atoms with Crippen molar-refractivity contribution in [1.29, 1.82) is 0 Å². The molecule has 98 valence electrons. The van der Waals surface area contributed by atoms with Crippen LogP contribution in [0.15, 0.2) is 17.5 Å². The van der Waals surface area contributed by atoms with E-state index in [2.05, 4.69) is 30.6 Å². The molecule has 1 unspecified atom stereocenters. The molecule has 3 nitrogen and oxygen atoms in total. The van der Waals surface area contributed by atoms with E-state index in [1.165, 1.54) is 4.88 Å². The lowest BCUT2D eigenvalue weighted by Gasteiger charge is -2.21. The first-order chi connectivity index (χ1) is 7.96. The highest BCUT2D eigenvalue weighted by Gasteiger charge is 2.17. The normalized spacial score (nSPS) is 14.1. The van der Waals surface area contributed by atoms with Gasteiger partial charge in [-0.15, -0.1) is 11.3 Å². The van der Waals surface area contributed by atoms with Crippen LogP contribution in [0.2, 0.25) is 0 Å². The Morgan fingerprint density at radius 3 is 2.59 bits per heavy atom. The molecule has 1 rings (SSSR count). The smallest absolute Gasteiger partial charge is 0.151 e. The topological polar surface area (TPSA) is 46.2 Å². The molecule has 1 N–H and O–H groups in total. The Morgan fingerprint density at radius 2 is 2.12 bits per heavy atom. The zero-order valence-electron chi connectivity index (χ0n) is 10.6. The van der Waals surface area contributed by atoms with Crippen molar-refractivity contribution in [3.8, 4) is 0 Å². The van der Waals surface area contributed by atoms with E-state index in [1.807, 2.05) is 6.07 Å². The highest BCUT2D eigenvalue weighted by molar-refractivity contribution is 7.91. The average molecular weight is 275 g/mol. The second-order valence-electron chi connectivity index (χ2n) is 4.43. The predicted octanol–water partition coefficient (Wildman–Crippen LogP) is 2.47. The largest absolute Gasteiger partial charge is 0.308 e. The van der Waals surface area contributed by atoms with Crippen molar-refractivity contribution in [1.82, 2.24) is 5.32 Å². The molecular formula is C12H21NO2S2. The molecule has 0 aliphatic rings. The van der Waals surface area contributed by atoms with E-state index < -0.39 is 9.84 Å². The summed E-state index contributed by atoms with van der Waals surface area (Å²) in [5.74, 6) is 0.899. The van der Waals surface area contributed by atoms with Crippen LogP contribution in [0.1, 0.15) is 31.7 Å². The molecule has 1 aromatic rings. The molecule has 5 heteroatoms. The minimum atomic E-state index is -2.87. The van der Waals surface area contributed by atoms with Gasteiger partial charge in [-0.2, -0.15) is 0 Å². The highest BCUT2D eigenvalue weighted by Crippen LogP contribution is 2.25. The van der Waals surface area contributed by atoms with Gasteiger partial charge in [-0.3, -0.25) is 0 Å². The average Bonchev–Trinajstić information content (AvgIpc) is 2.77. The summed E-state index contributed by atoms with van der Waals surface area (Å²) in [5, 5.41) is 5.39. The maximum atomic E-state index is 11.4. The van der Waals surface area contributed by atoms with Gasteiger partial charge in [0.1, 0.15) is 0 Å². The van der Waals surface area contributed by atoms with E-state index in [0.29, 0.717) is 12.5 Å². The summed E-state index contributed by atoms with van der Waals surface area (Å²) in [6.45, 7) is 6.50. The van der Waals surface area contributed by atoms with Crippen LogP contribution in [0, 0.1) is 5.92 Å². The molecule has 0 spiro atoms. The zero-order chi connectivity index (χ0) is 12.9. The molecule has 1 aromatic heterocycles. The Morgan fingerprint density at radius 1 is 1.41 bits per heavy atom. The van der Waals surface area contributed by atoms with E-state index in [0.717, 1.165) is 0 Å². The number of nitrogens with one attached hydrogen (secondary N) is 1. The molecule has 0 aliphatic heterocycles. The Balaban J connectivity index is 2.53. The maximum absolute atomic E-state index is 11.4. The van der Waals surface area contributed by atoms with Gasteiger partial charge >= 0.3 is 0 Å². The molecule has 0 bridgehead atoms. The van der Waals surface area contributed by atoms with Gasteiger partial charge < -0.3 is 5.32 Å². The van der Waals surface area contributed by atoms with Crippen molar-refractivity contribution >= 4 is 21.2 Å². The van der Waals surface area contributed by atoms with Crippen LogP contribution < -0.4 is 5.32 Å². The fraction of sp³-hybridized carbons (Fsp3) is 0.667. The zero-order valence-corrected chi connectivity index (χ0v) is 12.3. The summed E-state index contributed by atoms with van der Waals surface area (Å²) in [6.07, 6.45) is 0. The third-order valence-electron chi connectivity index (χ3n) is 2.73. The summed E-state index contributed by atoms with van der Waals surface area (Å²) in [4.78, 5) is 1.27. The van der Waals surface area contributed by atoms with Gasteiger partial charge in [0.2, 0.25) is 0 Å². The molecule has 0 aliphatic carbocycles. The van der Waals surface area contributed by atoms with Crippen molar-refractivity contribution < 1.29 is 8.42 Å². The SMILES string of the molecule is CCS(=O)(=O)CCNC(c1cccs1)C(C)C. The molecule has 0 saturated carbocycles. The molecule has 0 fully saturated rings. The van der Waals surface area contributed by atoms with E-state index >= 15 is 0 Å². The Kier molecular flexibility index (Phi) is 5.62. The van der Waals surface area contributed by atoms with Gasteiger partial charge in [-0.25, -0.2) is 8.42 Å². The van der Waals surface area contributed by atoms with Crippen LogP contribution in [0.3, 0.4) is 0 Å². The summed E-state index contributed by atoms with van der Waals surface area (Å²) in [5.41, 5.74) is 0. The van der Waals surface area contributed by atoms with Gasteiger partial charge in [0, 0.05) is 23.2 Å². The lowest BCUT2D eigenvalue weighted by molar-refractivity contribution is 0.427. The summed E-state index contributed by atoms with van der Waals surface area (Å²) < 4.78 is 22.8. The Bertz CT molecular complexity index is 410. The number of sulfone groups is 1. The van der Waals surface area contributed by atoms with Crippen LogP contribution in [0.5, 0.6) is 0 Å². The second-order valence-corrected chi connectivity index (χ2v) is 7.88. The van der Waals surface area contributed by atoms with Crippen molar-refractivity contribution in [3.05, 3.63) is 22.4 Å². The van der Waals surface area contributed by atoms with Gasteiger partial charge in [-0.1, -0.05) is 26.8 Å². The molecular weight excluding hydrogens is 254 g/mol. The Labute approximate surface area is 108 Å². The fourth-order valence-electron chi connectivity index (χ4n) is 1.65. The third-order valence-corrected chi connectivity index (χ3v) is 5.39. The number of thiophene rings is 1. The van der Waals surface area contributed by atoms with Crippen LogP contribution in [-0.4, -0.2) is 26.5 Å². The number of hydrogen-bond donors (Lipinski definition) is 1. The molecule has 1 atom stereocenters. The van der Waals surface area contributed by atoms with E-state index in [4.69, 9.17) is 0 Å². The van der Waals surface area contributed by atoms with E-state index in [1.54, 1.807) is 18.3 Å². The summed E-state index contributed by atoms with van der Waals surface area (Å²) in [6, 6.07) is 4.37. The quantitative estimate of drug-likeness (QED) is 0.831. The molecule has 17 heavy (non-hydrogen) atoms. The molecule has 0 amide bonds. The molecule has 1 heterocycles. The first kappa shape index (κ1) is 14.7. The first-order valence-corrected chi connectivity index (χ1v) is 8.63. The predicted molar refractivity (Wildman–Crippen MR) is 74.2 cm³/mol. The van der Waals surface area contributed by atoms with E-state index in [9.17, 15) is 8.42 Å². The van der Waals surface area contributed by atoms with Crippen LogP contribution in [0.4, 0.5) is 0 Å². The van der Waals surface area contributed by atoms with Crippen LogP contribution >= 0.6 is 11.3 Å². The molecule has 0 radical (unpaired) electrons. The standard InChI is InChI=1S/C12H21NO2S2/c1-4-17(14,15)9-7-13-12(10(2)3)11-6-5-8-16-11/h5-6,8,10,12-13H,4,7,9H2,1-3H3. The van der Waals surface area contributed by atoms with Crippen molar-refractivity contribution in [2.24, 2.45) is 5.92 Å². The minimum Gasteiger partial charge on any atom is -0.308 e. The highest BCUT2D eigenvalue weighted by atomic mass is 32.2. The minimum absolute atomic E-state index is 0.220.